The fourth-order valence-corrected chi connectivity index (χ4v) is 2.34. The minimum Gasteiger partial charge on any atom is -0.481 e. The third kappa shape index (κ3) is 2.78. The first-order valence-corrected chi connectivity index (χ1v) is 6.66. The van der Waals surface area contributed by atoms with E-state index in [-0.39, 0.29) is 18.9 Å². The highest BCUT2D eigenvalue weighted by atomic mass is 16.4. The minimum absolute atomic E-state index is 0.0997. The van der Waals surface area contributed by atoms with Crippen molar-refractivity contribution in [1.82, 2.24) is 0 Å². The van der Waals surface area contributed by atoms with Crippen molar-refractivity contribution >= 4 is 17.6 Å². The quantitative estimate of drug-likeness (QED) is 0.906. The number of hydrogen-bond donors (Lipinski definition) is 1. The van der Waals surface area contributed by atoms with Crippen LogP contribution in [0.5, 0.6) is 0 Å². The highest BCUT2D eigenvalue weighted by Crippen LogP contribution is 2.27. The van der Waals surface area contributed by atoms with Gasteiger partial charge in [0.15, 0.2) is 0 Å². The SMILES string of the molecule is CC[C@@H](C)c1ccc(N2C[C@@H](C(=O)O)CC2=O)cc1. The van der Waals surface area contributed by atoms with Gasteiger partial charge in [0, 0.05) is 18.7 Å². The molecule has 4 nitrogen and oxygen atoms in total. The molecule has 0 bridgehead atoms. The summed E-state index contributed by atoms with van der Waals surface area (Å²) in [6.45, 7) is 4.58. The number of carbonyl (C=O) groups is 2. The van der Waals surface area contributed by atoms with E-state index >= 15 is 0 Å². The number of amides is 1. The molecule has 2 rings (SSSR count). The predicted octanol–water partition coefficient (Wildman–Crippen LogP) is 2.64. The molecule has 102 valence electrons. The third-order valence-corrected chi connectivity index (χ3v) is 3.86. The maximum Gasteiger partial charge on any atom is 0.308 e. The van der Waals surface area contributed by atoms with Crippen molar-refractivity contribution in [3.8, 4) is 0 Å². The number of anilines is 1. The van der Waals surface area contributed by atoms with Gasteiger partial charge in [0.05, 0.1) is 5.92 Å². The first kappa shape index (κ1) is 13.6. The summed E-state index contributed by atoms with van der Waals surface area (Å²) in [6.07, 6.45) is 1.17. The van der Waals surface area contributed by atoms with Gasteiger partial charge in [-0.2, -0.15) is 0 Å². The lowest BCUT2D eigenvalue weighted by molar-refractivity contribution is -0.141. The second kappa shape index (κ2) is 5.43. The van der Waals surface area contributed by atoms with Crippen molar-refractivity contribution < 1.29 is 14.7 Å². The summed E-state index contributed by atoms with van der Waals surface area (Å²) < 4.78 is 0. The summed E-state index contributed by atoms with van der Waals surface area (Å²) in [5.74, 6) is -1.09. The van der Waals surface area contributed by atoms with Crippen LogP contribution in [-0.2, 0) is 9.59 Å². The largest absolute Gasteiger partial charge is 0.481 e. The average molecular weight is 261 g/mol. The second-order valence-electron chi connectivity index (χ2n) is 5.14. The van der Waals surface area contributed by atoms with Gasteiger partial charge in [-0.25, -0.2) is 0 Å². The van der Waals surface area contributed by atoms with Crippen LogP contribution in [0.3, 0.4) is 0 Å². The summed E-state index contributed by atoms with van der Waals surface area (Å²) in [5, 5.41) is 8.97. The molecule has 1 aromatic carbocycles. The normalized spacial score (nSPS) is 20.6. The van der Waals surface area contributed by atoms with Crippen molar-refractivity contribution in [2.45, 2.75) is 32.6 Å². The molecule has 1 aliphatic rings. The Morgan fingerprint density at radius 3 is 2.53 bits per heavy atom. The maximum absolute atomic E-state index is 11.8. The van der Waals surface area contributed by atoms with Gasteiger partial charge < -0.3 is 10.0 Å². The average Bonchev–Trinajstić information content (AvgIpc) is 2.80. The van der Waals surface area contributed by atoms with E-state index in [1.165, 1.54) is 5.56 Å². The van der Waals surface area contributed by atoms with Crippen LogP contribution in [0.4, 0.5) is 5.69 Å². The zero-order valence-electron chi connectivity index (χ0n) is 11.3. The number of aliphatic carboxylic acids is 1. The molecular formula is C15H19NO3. The molecule has 4 heteroatoms. The van der Waals surface area contributed by atoms with Crippen LogP contribution in [0.25, 0.3) is 0 Å². The number of hydrogen-bond acceptors (Lipinski definition) is 2. The third-order valence-electron chi connectivity index (χ3n) is 3.86. The van der Waals surface area contributed by atoms with Crippen molar-refractivity contribution in [3.05, 3.63) is 29.8 Å². The molecule has 2 atom stereocenters. The summed E-state index contributed by atoms with van der Waals surface area (Å²) in [7, 11) is 0. The van der Waals surface area contributed by atoms with E-state index in [0.29, 0.717) is 5.92 Å². The van der Waals surface area contributed by atoms with E-state index < -0.39 is 11.9 Å². The molecule has 0 spiro atoms. The Morgan fingerprint density at radius 1 is 1.42 bits per heavy atom. The highest BCUT2D eigenvalue weighted by Gasteiger charge is 2.34. The van der Waals surface area contributed by atoms with Crippen LogP contribution in [-0.4, -0.2) is 23.5 Å². The Morgan fingerprint density at radius 2 is 2.05 bits per heavy atom. The predicted molar refractivity (Wildman–Crippen MR) is 73.2 cm³/mol. The van der Waals surface area contributed by atoms with E-state index in [4.69, 9.17) is 5.11 Å². The molecule has 1 saturated heterocycles. The van der Waals surface area contributed by atoms with Gasteiger partial charge in [-0.15, -0.1) is 0 Å². The molecule has 1 N–H and O–H groups in total. The number of rotatable bonds is 4. The van der Waals surface area contributed by atoms with Crippen LogP contribution < -0.4 is 4.90 Å². The first-order valence-electron chi connectivity index (χ1n) is 6.66. The molecule has 0 aliphatic carbocycles. The van der Waals surface area contributed by atoms with Crippen LogP contribution >= 0.6 is 0 Å². The molecule has 1 aliphatic heterocycles. The lowest BCUT2D eigenvalue weighted by Gasteiger charge is -2.17. The lowest BCUT2D eigenvalue weighted by atomic mass is 9.98. The Hall–Kier alpha value is -1.84. The standard InChI is InChI=1S/C15H19NO3/c1-3-10(2)11-4-6-13(7-5-11)16-9-12(15(18)19)8-14(16)17/h4-7,10,12H,3,8-9H2,1-2H3,(H,18,19)/t10-,12+/m1/s1. The van der Waals surface area contributed by atoms with Gasteiger partial charge in [0.2, 0.25) is 5.91 Å². The molecule has 0 aromatic heterocycles. The summed E-state index contributed by atoms with van der Waals surface area (Å²) >= 11 is 0. The number of carboxylic acid groups (broad SMARTS) is 1. The number of benzene rings is 1. The maximum atomic E-state index is 11.8. The highest BCUT2D eigenvalue weighted by molar-refractivity contribution is 5.99. The lowest BCUT2D eigenvalue weighted by Crippen LogP contribution is -2.25. The molecule has 1 amide bonds. The number of carboxylic acids is 1. The van der Waals surface area contributed by atoms with Crippen LogP contribution in [0, 0.1) is 5.92 Å². The second-order valence-corrected chi connectivity index (χ2v) is 5.14. The molecule has 19 heavy (non-hydrogen) atoms. The van der Waals surface area contributed by atoms with E-state index in [0.717, 1.165) is 12.1 Å². The Kier molecular flexibility index (Phi) is 3.88. The molecule has 1 heterocycles. The minimum atomic E-state index is -0.896. The van der Waals surface area contributed by atoms with Gasteiger partial charge in [0.1, 0.15) is 0 Å². The van der Waals surface area contributed by atoms with Gasteiger partial charge in [-0.05, 0) is 30.0 Å². The Labute approximate surface area is 113 Å². The van der Waals surface area contributed by atoms with Crippen LogP contribution in [0.15, 0.2) is 24.3 Å². The molecule has 0 unspecified atom stereocenters. The fourth-order valence-electron chi connectivity index (χ4n) is 2.34. The van der Waals surface area contributed by atoms with E-state index in [1.54, 1.807) is 4.90 Å². The van der Waals surface area contributed by atoms with Crippen LogP contribution in [0.2, 0.25) is 0 Å². The molecule has 0 radical (unpaired) electrons. The topological polar surface area (TPSA) is 57.6 Å². The van der Waals surface area contributed by atoms with E-state index in [2.05, 4.69) is 13.8 Å². The van der Waals surface area contributed by atoms with Crippen LogP contribution in [0.1, 0.15) is 38.2 Å². The molecule has 1 fully saturated rings. The van der Waals surface area contributed by atoms with Gasteiger partial charge >= 0.3 is 5.97 Å². The monoisotopic (exact) mass is 261 g/mol. The summed E-state index contributed by atoms with van der Waals surface area (Å²) in [4.78, 5) is 24.3. The van der Waals surface area contributed by atoms with Crippen molar-refractivity contribution in [1.29, 1.82) is 0 Å². The van der Waals surface area contributed by atoms with Gasteiger partial charge in [0.25, 0.3) is 0 Å². The number of nitrogens with zero attached hydrogens (tertiary/aromatic N) is 1. The zero-order valence-corrected chi connectivity index (χ0v) is 11.3. The van der Waals surface area contributed by atoms with Crippen molar-refractivity contribution in [2.75, 3.05) is 11.4 Å². The molecule has 1 aromatic rings. The van der Waals surface area contributed by atoms with Gasteiger partial charge in [-0.1, -0.05) is 26.0 Å². The van der Waals surface area contributed by atoms with E-state index in [9.17, 15) is 9.59 Å². The number of carbonyl (C=O) groups excluding carboxylic acids is 1. The van der Waals surface area contributed by atoms with Crippen molar-refractivity contribution in [2.24, 2.45) is 5.92 Å². The first-order chi connectivity index (χ1) is 9.02. The molecule has 0 saturated carbocycles. The Bertz CT molecular complexity index is 481. The molecular weight excluding hydrogens is 242 g/mol. The Balaban J connectivity index is 2.14. The van der Waals surface area contributed by atoms with E-state index in [1.807, 2.05) is 24.3 Å². The fraction of sp³-hybridized carbons (Fsp3) is 0.467. The van der Waals surface area contributed by atoms with Crippen molar-refractivity contribution in [3.63, 3.8) is 0 Å². The summed E-state index contributed by atoms with van der Waals surface area (Å²) in [5.41, 5.74) is 2.04. The smallest absolute Gasteiger partial charge is 0.308 e. The van der Waals surface area contributed by atoms with Gasteiger partial charge in [-0.3, -0.25) is 9.59 Å². The zero-order chi connectivity index (χ0) is 14.0. The summed E-state index contributed by atoms with van der Waals surface area (Å²) in [6, 6.07) is 7.85.